The van der Waals surface area contributed by atoms with Crippen molar-refractivity contribution in [2.45, 2.75) is 29.1 Å². The fraction of sp³-hybridized carbons (Fsp3) is 0.333. The van der Waals surface area contributed by atoms with Crippen LogP contribution in [0.2, 0.25) is 5.02 Å². The Morgan fingerprint density at radius 2 is 1.41 bits per heavy atom. The molecule has 0 radical (unpaired) electrons. The highest BCUT2D eigenvalue weighted by atomic mass is 35.5. The molecule has 0 aliphatic carbocycles. The summed E-state index contributed by atoms with van der Waals surface area (Å²) in [5.41, 5.74) is 1.26. The molecule has 6 nitrogen and oxygen atoms in total. The first-order valence-electron chi connectivity index (χ1n) is 8.71. The smallest absolute Gasteiger partial charge is 0.264 e. The average molecular weight is 427 g/mol. The summed E-state index contributed by atoms with van der Waals surface area (Å²) in [6, 6.07) is 10.7. The standard InChI is InChI=1S/C18H19ClN2O4S2/c19-15-3-5-16(6-4-15)27(24,25)21-12-9-14-13-17(7-8-18(14)21)26(22,23)20-10-1-2-11-20/h3-8,13H,1-2,9-12H2. The molecule has 1 fully saturated rings. The van der Waals surface area contributed by atoms with E-state index in [1.807, 2.05) is 0 Å². The Hall–Kier alpha value is -1.61. The molecule has 27 heavy (non-hydrogen) atoms. The maximum atomic E-state index is 13.0. The van der Waals surface area contributed by atoms with Crippen molar-refractivity contribution in [1.29, 1.82) is 0 Å². The molecular weight excluding hydrogens is 408 g/mol. The number of fused-ring (bicyclic) bond motifs is 1. The van der Waals surface area contributed by atoms with E-state index in [1.165, 1.54) is 38.9 Å². The van der Waals surface area contributed by atoms with Crippen LogP contribution in [0.15, 0.2) is 52.3 Å². The van der Waals surface area contributed by atoms with Crippen LogP contribution in [0, 0.1) is 0 Å². The molecule has 0 atom stereocenters. The van der Waals surface area contributed by atoms with Gasteiger partial charge in [0.15, 0.2) is 0 Å². The van der Waals surface area contributed by atoms with Crippen molar-refractivity contribution in [3.05, 3.63) is 53.1 Å². The van der Waals surface area contributed by atoms with Crippen LogP contribution < -0.4 is 4.31 Å². The third kappa shape index (κ3) is 3.24. The largest absolute Gasteiger partial charge is 0.266 e. The fourth-order valence-electron chi connectivity index (χ4n) is 3.57. The van der Waals surface area contributed by atoms with Crippen molar-refractivity contribution in [1.82, 2.24) is 4.31 Å². The van der Waals surface area contributed by atoms with Gasteiger partial charge in [0.05, 0.1) is 15.5 Å². The van der Waals surface area contributed by atoms with Crippen molar-refractivity contribution in [3.8, 4) is 0 Å². The van der Waals surface area contributed by atoms with Gasteiger partial charge >= 0.3 is 0 Å². The number of rotatable bonds is 4. The molecule has 2 aliphatic rings. The van der Waals surface area contributed by atoms with E-state index in [0.29, 0.717) is 30.2 Å². The molecule has 1 saturated heterocycles. The Labute approximate surface area is 164 Å². The van der Waals surface area contributed by atoms with E-state index in [2.05, 4.69) is 0 Å². The molecule has 0 unspecified atom stereocenters. The van der Waals surface area contributed by atoms with Gasteiger partial charge in [-0.05, 0) is 67.3 Å². The highest BCUT2D eigenvalue weighted by Gasteiger charge is 2.33. The first-order chi connectivity index (χ1) is 12.8. The molecule has 2 aromatic carbocycles. The fourth-order valence-corrected chi connectivity index (χ4v) is 6.77. The van der Waals surface area contributed by atoms with Gasteiger partial charge in [0, 0.05) is 24.7 Å². The van der Waals surface area contributed by atoms with Gasteiger partial charge in [-0.2, -0.15) is 4.31 Å². The molecule has 2 aliphatic heterocycles. The first-order valence-corrected chi connectivity index (χ1v) is 12.0. The van der Waals surface area contributed by atoms with Gasteiger partial charge in [0.2, 0.25) is 10.0 Å². The molecule has 0 saturated carbocycles. The van der Waals surface area contributed by atoms with Crippen molar-refractivity contribution < 1.29 is 16.8 Å². The predicted molar refractivity (Wildman–Crippen MR) is 104 cm³/mol. The minimum atomic E-state index is -3.72. The van der Waals surface area contributed by atoms with E-state index >= 15 is 0 Å². The topological polar surface area (TPSA) is 74.8 Å². The zero-order valence-electron chi connectivity index (χ0n) is 14.5. The van der Waals surface area contributed by atoms with E-state index in [1.54, 1.807) is 12.1 Å². The lowest BCUT2D eigenvalue weighted by Gasteiger charge is -2.20. The van der Waals surface area contributed by atoms with Crippen LogP contribution in [0.25, 0.3) is 0 Å². The average Bonchev–Trinajstić information content (AvgIpc) is 3.32. The molecule has 0 bridgehead atoms. The van der Waals surface area contributed by atoms with E-state index < -0.39 is 20.0 Å². The van der Waals surface area contributed by atoms with Gasteiger partial charge in [-0.15, -0.1) is 0 Å². The van der Waals surface area contributed by atoms with Crippen molar-refractivity contribution >= 4 is 37.3 Å². The number of benzene rings is 2. The summed E-state index contributed by atoms with van der Waals surface area (Å²) in [4.78, 5) is 0.391. The summed E-state index contributed by atoms with van der Waals surface area (Å²) in [7, 11) is -7.24. The molecule has 2 aromatic rings. The number of hydrogen-bond donors (Lipinski definition) is 0. The molecule has 0 spiro atoms. The van der Waals surface area contributed by atoms with Crippen LogP contribution >= 0.6 is 11.6 Å². The maximum Gasteiger partial charge on any atom is 0.264 e. The molecule has 0 amide bonds. The minimum Gasteiger partial charge on any atom is -0.266 e. The van der Waals surface area contributed by atoms with Crippen LogP contribution in [-0.4, -0.2) is 40.8 Å². The lowest BCUT2D eigenvalue weighted by atomic mass is 10.2. The van der Waals surface area contributed by atoms with Gasteiger partial charge in [-0.25, -0.2) is 16.8 Å². The highest BCUT2D eigenvalue weighted by molar-refractivity contribution is 7.92. The van der Waals surface area contributed by atoms with Crippen molar-refractivity contribution in [2.75, 3.05) is 23.9 Å². The van der Waals surface area contributed by atoms with E-state index in [4.69, 9.17) is 11.6 Å². The quantitative estimate of drug-likeness (QED) is 0.753. The number of hydrogen-bond acceptors (Lipinski definition) is 4. The molecule has 9 heteroatoms. The van der Waals surface area contributed by atoms with Gasteiger partial charge < -0.3 is 0 Å². The van der Waals surface area contributed by atoms with Gasteiger partial charge in [0.1, 0.15) is 0 Å². The second kappa shape index (κ2) is 6.77. The number of nitrogens with zero attached hydrogens (tertiary/aromatic N) is 2. The molecule has 2 heterocycles. The normalized spacial score (nSPS) is 18.0. The molecular formula is C18H19ClN2O4S2. The molecule has 0 aromatic heterocycles. The number of anilines is 1. The Morgan fingerprint density at radius 3 is 2.07 bits per heavy atom. The zero-order valence-corrected chi connectivity index (χ0v) is 16.9. The summed E-state index contributed by atoms with van der Waals surface area (Å²) in [5, 5.41) is 0.465. The van der Waals surface area contributed by atoms with Crippen molar-refractivity contribution in [3.63, 3.8) is 0 Å². The van der Waals surface area contributed by atoms with Crippen molar-refractivity contribution in [2.24, 2.45) is 0 Å². The third-order valence-corrected chi connectivity index (χ3v) is 8.98. The number of sulfonamides is 2. The van der Waals surface area contributed by atoms with E-state index in [0.717, 1.165) is 18.4 Å². The SMILES string of the molecule is O=S(=O)(c1ccc2c(c1)CCN2S(=O)(=O)c1ccc(Cl)cc1)N1CCCC1. The first kappa shape index (κ1) is 18.7. The summed E-state index contributed by atoms with van der Waals surface area (Å²) >= 11 is 5.85. The van der Waals surface area contributed by atoms with Crippen LogP contribution in [-0.2, 0) is 26.5 Å². The third-order valence-electron chi connectivity index (χ3n) is 5.01. The highest BCUT2D eigenvalue weighted by Crippen LogP contribution is 2.35. The summed E-state index contributed by atoms with van der Waals surface area (Å²) in [6.07, 6.45) is 2.22. The van der Waals surface area contributed by atoms with Crippen LogP contribution in [0.1, 0.15) is 18.4 Å². The summed E-state index contributed by atoms with van der Waals surface area (Å²) < 4.78 is 54.2. The Balaban J connectivity index is 1.68. The number of halogens is 1. The van der Waals surface area contributed by atoms with Gasteiger partial charge in [0.25, 0.3) is 10.0 Å². The molecule has 4 rings (SSSR count). The van der Waals surface area contributed by atoms with Gasteiger partial charge in [-0.1, -0.05) is 11.6 Å². The second-order valence-electron chi connectivity index (χ2n) is 6.68. The monoisotopic (exact) mass is 426 g/mol. The summed E-state index contributed by atoms with van der Waals surface area (Å²) in [5.74, 6) is 0. The van der Waals surface area contributed by atoms with E-state index in [9.17, 15) is 16.8 Å². The summed E-state index contributed by atoms with van der Waals surface area (Å²) in [6.45, 7) is 1.36. The Morgan fingerprint density at radius 1 is 0.778 bits per heavy atom. The lowest BCUT2D eigenvalue weighted by Crippen LogP contribution is -2.29. The Kier molecular flexibility index (Phi) is 4.70. The second-order valence-corrected chi connectivity index (χ2v) is 10.9. The molecule has 144 valence electrons. The van der Waals surface area contributed by atoms with Gasteiger partial charge in [-0.3, -0.25) is 4.31 Å². The zero-order chi connectivity index (χ0) is 19.2. The van der Waals surface area contributed by atoms with E-state index in [-0.39, 0.29) is 16.3 Å². The minimum absolute atomic E-state index is 0.161. The van der Waals surface area contributed by atoms with Crippen LogP contribution in [0.4, 0.5) is 5.69 Å². The lowest BCUT2D eigenvalue weighted by molar-refractivity contribution is 0.477. The van der Waals surface area contributed by atoms with Crippen LogP contribution in [0.5, 0.6) is 0 Å². The Bertz CT molecular complexity index is 1080. The predicted octanol–water partition coefficient (Wildman–Crippen LogP) is 2.88. The van der Waals surface area contributed by atoms with Crippen LogP contribution in [0.3, 0.4) is 0 Å². The maximum absolute atomic E-state index is 13.0. The molecule has 0 N–H and O–H groups in total.